The van der Waals surface area contributed by atoms with Crippen molar-refractivity contribution in [3.05, 3.63) is 29.8 Å². The van der Waals surface area contributed by atoms with Crippen molar-refractivity contribution in [3.63, 3.8) is 0 Å². The van der Waals surface area contributed by atoms with E-state index < -0.39 is 11.7 Å². The van der Waals surface area contributed by atoms with Crippen LogP contribution >= 0.6 is 0 Å². The molecule has 0 aromatic heterocycles. The maximum absolute atomic E-state index is 11.7. The Hall–Kier alpha value is -1.59. The molecule has 5 heteroatoms. The molecule has 1 aromatic rings. The van der Waals surface area contributed by atoms with Crippen LogP contribution in [0.5, 0.6) is 0 Å². The first-order valence-electron chi connectivity index (χ1n) is 6.27. The number of amides is 1. The summed E-state index contributed by atoms with van der Waals surface area (Å²) in [4.78, 5) is 11.7. The fourth-order valence-electron chi connectivity index (χ4n) is 1.74. The number of benzene rings is 1. The van der Waals surface area contributed by atoms with Crippen molar-refractivity contribution >= 4 is 11.8 Å². The standard InChI is InChI=1S/C14H19NO4/c1-14(2,3)19-13(16)15-11-6-4-5-10(9-11)12-17-7-8-18-12/h4-6,9,12H,7-8H2,1-3H3,(H,15,16). The SMILES string of the molecule is CC(C)(C)OC(=O)Nc1cccc(C2OCCO2)c1. The van der Waals surface area contributed by atoms with Gasteiger partial charge in [-0.1, -0.05) is 12.1 Å². The second-order valence-electron chi connectivity index (χ2n) is 5.33. The van der Waals surface area contributed by atoms with Gasteiger partial charge in [-0.15, -0.1) is 0 Å². The molecule has 1 aromatic carbocycles. The second-order valence-corrected chi connectivity index (χ2v) is 5.33. The van der Waals surface area contributed by atoms with Crippen LogP contribution in [0.3, 0.4) is 0 Å². The normalized spacial score (nSPS) is 16.4. The zero-order valence-corrected chi connectivity index (χ0v) is 11.4. The van der Waals surface area contributed by atoms with Gasteiger partial charge in [0.15, 0.2) is 6.29 Å². The molecule has 0 spiro atoms. The van der Waals surface area contributed by atoms with Crippen molar-refractivity contribution in [2.45, 2.75) is 32.7 Å². The van der Waals surface area contributed by atoms with Crippen LogP contribution in [0, 0.1) is 0 Å². The van der Waals surface area contributed by atoms with E-state index >= 15 is 0 Å². The highest BCUT2D eigenvalue weighted by molar-refractivity contribution is 5.84. The van der Waals surface area contributed by atoms with Gasteiger partial charge in [0.1, 0.15) is 5.60 Å². The summed E-state index contributed by atoms with van der Waals surface area (Å²) in [5, 5.41) is 2.69. The lowest BCUT2D eigenvalue weighted by Crippen LogP contribution is -2.27. The lowest BCUT2D eigenvalue weighted by Gasteiger charge is -2.20. The van der Waals surface area contributed by atoms with Crippen molar-refractivity contribution in [1.82, 2.24) is 0 Å². The molecule has 1 amide bonds. The van der Waals surface area contributed by atoms with Crippen LogP contribution in [0.15, 0.2) is 24.3 Å². The molecule has 0 unspecified atom stereocenters. The fraction of sp³-hybridized carbons (Fsp3) is 0.500. The Labute approximate surface area is 112 Å². The molecule has 19 heavy (non-hydrogen) atoms. The van der Waals surface area contributed by atoms with Crippen molar-refractivity contribution in [1.29, 1.82) is 0 Å². The summed E-state index contributed by atoms with van der Waals surface area (Å²) in [6.45, 7) is 6.65. The second kappa shape index (κ2) is 5.59. The summed E-state index contributed by atoms with van der Waals surface area (Å²) >= 11 is 0. The number of hydrogen-bond donors (Lipinski definition) is 1. The van der Waals surface area contributed by atoms with Gasteiger partial charge >= 0.3 is 6.09 Å². The van der Waals surface area contributed by atoms with Gasteiger partial charge in [-0.05, 0) is 32.9 Å². The topological polar surface area (TPSA) is 56.8 Å². The predicted molar refractivity (Wildman–Crippen MR) is 70.9 cm³/mol. The molecule has 0 bridgehead atoms. The highest BCUT2D eigenvalue weighted by atomic mass is 16.7. The van der Waals surface area contributed by atoms with Gasteiger partial charge in [-0.2, -0.15) is 0 Å². The van der Waals surface area contributed by atoms with Crippen LogP contribution in [0.2, 0.25) is 0 Å². The summed E-state index contributed by atoms with van der Waals surface area (Å²) in [7, 11) is 0. The van der Waals surface area contributed by atoms with E-state index in [1.807, 2.05) is 39.0 Å². The number of carbonyl (C=O) groups is 1. The van der Waals surface area contributed by atoms with E-state index in [2.05, 4.69) is 5.32 Å². The number of anilines is 1. The van der Waals surface area contributed by atoms with Gasteiger partial charge in [0.25, 0.3) is 0 Å². The van der Waals surface area contributed by atoms with Gasteiger partial charge in [0.2, 0.25) is 0 Å². The van der Waals surface area contributed by atoms with E-state index in [0.29, 0.717) is 18.9 Å². The molecule has 5 nitrogen and oxygen atoms in total. The maximum Gasteiger partial charge on any atom is 0.412 e. The van der Waals surface area contributed by atoms with Gasteiger partial charge in [0.05, 0.1) is 13.2 Å². The minimum Gasteiger partial charge on any atom is -0.444 e. The van der Waals surface area contributed by atoms with Crippen LogP contribution in [0.1, 0.15) is 32.6 Å². The summed E-state index contributed by atoms with van der Waals surface area (Å²) in [6.07, 6.45) is -0.821. The Bertz CT molecular complexity index is 447. The largest absolute Gasteiger partial charge is 0.444 e. The number of carbonyl (C=O) groups excluding carboxylic acids is 1. The van der Waals surface area contributed by atoms with Gasteiger partial charge < -0.3 is 14.2 Å². The molecule has 2 rings (SSSR count). The van der Waals surface area contributed by atoms with Crippen LogP contribution in [-0.2, 0) is 14.2 Å². The first-order chi connectivity index (χ1) is 8.94. The zero-order valence-electron chi connectivity index (χ0n) is 11.4. The lowest BCUT2D eigenvalue weighted by molar-refractivity contribution is -0.0440. The van der Waals surface area contributed by atoms with Crippen LogP contribution < -0.4 is 5.32 Å². The summed E-state index contributed by atoms with van der Waals surface area (Å²) < 4.78 is 16.0. The summed E-state index contributed by atoms with van der Waals surface area (Å²) in [5.41, 5.74) is 1.02. The molecule has 0 atom stereocenters. The molecule has 1 aliphatic heterocycles. The summed E-state index contributed by atoms with van der Waals surface area (Å²) in [6, 6.07) is 7.35. The monoisotopic (exact) mass is 265 g/mol. The average Bonchev–Trinajstić information content (AvgIpc) is 2.79. The zero-order chi connectivity index (χ0) is 13.9. The fourth-order valence-corrected chi connectivity index (χ4v) is 1.74. The van der Waals surface area contributed by atoms with Crippen molar-refractivity contribution in [2.75, 3.05) is 18.5 Å². The number of ether oxygens (including phenoxy) is 3. The predicted octanol–water partition coefficient (Wildman–Crippen LogP) is 3.08. The maximum atomic E-state index is 11.7. The number of rotatable bonds is 2. The number of nitrogens with one attached hydrogen (secondary N) is 1. The van der Waals surface area contributed by atoms with E-state index in [1.165, 1.54) is 0 Å². The Balaban J connectivity index is 2.00. The Morgan fingerprint density at radius 3 is 2.63 bits per heavy atom. The first-order valence-corrected chi connectivity index (χ1v) is 6.27. The minimum atomic E-state index is -0.515. The quantitative estimate of drug-likeness (QED) is 0.892. The van der Waals surface area contributed by atoms with Crippen LogP contribution in [0.25, 0.3) is 0 Å². The van der Waals surface area contributed by atoms with Crippen molar-refractivity contribution in [2.24, 2.45) is 0 Å². The van der Waals surface area contributed by atoms with E-state index in [0.717, 1.165) is 5.56 Å². The van der Waals surface area contributed by atoms with Crippen LogP contribution in [-0.4, -0.2) is 24.9 Å². The smallest absolute Gasteiger partial charge is 0.412 e. The summed E-state index contributed by atoms with van der Waals surface area (Å²) in [5.74, 6) is 0. The Kier molecular flexibility index (Phi) is 4.07. The van der Waals surface area contributed by atoms with Gasteiger partial charge in [-0.25, -0.2) is 4.79 Å². The number of hydrogen-bond acceptors (Lipinski definition) is 4. The Morgan fingerprint density at radius 2 is 2.00 bits per heavy atom. The molecule has 1 saturated heterocycles. The average molecular weight is 265 g/mol. The third-order valence-corrected chi connectivity index (χ3v) is 2.43. The van der Waals surface area contributed by atoms with Gasteiger partial charge in [-0.3, -0.25) is 5.32 Å². The van der Waals surface area contributed by atoms with Crippen LogP contribution in [0.4, 0.5) is 10.5 Å². The highest BCUT2D eigenvalue weighted by Gasteiger charge is 2.19. The molecule has 1 N–H and O–H groups in total. The minimum absolute atomic E-state index is 0.347. The van der Waals surface area contributed by atoms with Crippen molar-refractivity contribution < 1.29 is 19.0 Å². The molecule has 1 heterocycles. The van der Waals surface area contributed by atoms with E-state index in [4.69, 9.17) is 14.2 Å². The molecular formula is C14H19NO4. The molecular weight excluding hydrogens is 246 g/mol. The molecule has 0 aliphatic carbocycles. The third kappa shape index (κ3) is 4.22. The molecule has 104 valence electrons. The third-order valence-electron chi connectivity index (χ3n) is 2.43. The first kappa shape index (κ1) is 13.8. The molecule has 0 saturated carbocycles. The van der Waals surface area contributed by atoms with E-state index in [1.54, 1.807) is 6.07 Å². The molecule has 1 fully saturated rings. The molecule has 0 radical (unpaired) electrons. The van der Waals surface area contributed by atoms with Gasteiger partial charge in [0, 0.05) is 11.3 Å². The van der Waals surface area contributed by atoms with E-state index in [9.17, 15) is 4.79 Å². The highest BCUT2D eigenvalue weighted by Crippen LogP contribution is 2.25. The van der Waals surface area contributed by atoms with E-state index in [-0.39, 0.29) is 6.29 Å². The Morgan fingerprint density at radius 1 is 1.32 bits per heavy atom. The van der Waals surface area contributed by atoms with Crippen molar-refractivity contribution in [3.8, 4) is 0 Å². The lowest BCUT2D eigenvalue weighted by atomic mass is 10.2. The molecule has 1 aliphatic rings.